The quantitative estimate of drug-likeness (QED) is 0.749. The van der Waals surface area contributed by atoms with Gasteiger partial charge in [0.1, 0.15) is 0 Å². The Bertz CT molecular complexity index is 763. The van der Waals surface area contributed by atoms with Gasteiger partial charge in [-0.2, -0.15) is 4.31 Å². The molecule has 0 aliphatic heterocycles. The molecule has 0 aromatic heterocycles. The number of nitrogens with two attached hydrogens (primary N) is 1. The second kappa shape index (κ2) is 6.48. The predicted molar refractivity (Wildman–Crippen MR) is 91.3 cm³/mol. The van der Waals surface area contributed by atoms with Gasteiger partial charge in [0.2, 0.25) is 10.0 Å². The highest BCUT2D eigenvalue weighted by Crippen LogP contribution is 2.25. The van der Waals surface area contributed by atoms with E-state index in [0.717, 1.165) is 10.0 Å². The molecule has 4 nitrogen and oxygen atoms in total. The molecule has 0 fully saturated rings. The van der Waals surface area contributed by atoms with Crippen molar-refractivity contribution in [1.29, 1.82) is 0 Å². The summed E-state index contributed by atoms with van der Waals surface area (Å²) in [6.45, 7) is 0.295. The van der Waals surface area contributed by atoms with Gasteiger partial charge in [-0.15, -0.1) is 0 Å². The monoisotopic (exact) mass is 432 g/mol. The highest BCUT2D eigenvalue weighted by Gasteiger charge is 2.21. The van der Waals surface area contributed by atoms with E-state index in [4.69, 9.17) is 5.73 Å². The van der Waals surface area contributed by atoms with Crippen molar-refractivity contribution in [3.8, 4) is 0 Å². The van der Waals surface area contributed by atoms with Crippen molar-refractivity contribution < 1.29 is 8.42 Å². The van der Waals surface area contributed by atoms with Gasteiger partial charge in [0, 0.05) is 28.2 Å². The summed E-state index contributed by atoms with van der Waals surface area (Å²) in [5.41, 5.74) is 7.10. The van der Waals surface area contributed by atoms with Crippen molar-refractivity contribution in [2.24, 2.45) is 0 Å². The molecule has 0 aliphatic carbocycles. The smallest absolute Gasteiger partial charge is 0.243 e. The first-order valence-corrected chi connectivity index (χ1v) is 9.09. The van der Waals surface area contributed by atoms with E-state index in [2.05, 4.69) is 31.9 Å². The first-order valence-electron chi connectivity index (χ1n) is 6.06. The van der Waals surface area contributed by atoms with Crippen LogP contribution >= 0.6 is 31.9 Å². The maximum absolute atomic E-state index is 12.5. The van der Waals surface area contributed by atoms with Crippen molar-refractivity contribution in [3.05, 3.63) is 57.0 Å². The van der Waals surface area contributed by atoms with Crippen molar-refractivity contribution >= 4 is 47.6 Å². The van der Waals surface area contributed by atoms with Crippen LogP contribution in [0, 0.1) is 0 Å². The molecule has 2 aromatic carbocycles. The summed E-state index contributed by atoms with van der Waals surface area (Å²) in [6, 6.07) is 12.1. The molecule has 0 radical (unpaired) electrons. The van der Waals surface area contributed by atoms with Crippen LogP contribution in [0.1, 0.15) is 5.56 Å². The van der Waals surface area contributed by atoms with Crippen molar-refractivity contribution in [1.82, 2.24) is 4.31 Å². The number of benzene rings is 2. The van der Waals surface area contributed by atoms with Gasteiger partial charge in [0.15, 0.2) is 0 Å². The van der Waals surface area contributed by atoms with Crippen LogP contribution in [0.4, 0.5) is 5.69 Å². The molecule has 0 heterocycles. The predicted octanol–water partition coefficient (Wildman–Crippen LogP) is 3.61. The molecule has 7 heteroatoms. The molecule has 0 bridgehead atoms. The molecule has 0 saturated heterocycles. The number of hydrogen-bond donors (Lipinski definition) is 1. The normalized spacial score (nSPS) is 11.8. The molecular weight excluding hydrogens is 420 g/mol. The molecule has 2 rings (SSSR count). The van der Waals surface area contributed by atoms with E-state index in [9.17, 15) is 8.42 Å². The third-order valence-electron chi connectivity index (χ3n) is 2.97. The molecule has 0 amide bonds. The zero-order chi connectivity index (χ0) is 15.6. The summed E-state index contributed by atoms with van der Waals surface area (Å²) in [5, 5.41) is 0. The zero-order valence-electron chi connectivity index (χ0n) is 11.3. The highest BCUT2D eigenvalue weighted by molar-refractivity contribution is 9.10. The maximum atomic E-state index is 12.5. The van der Waals surface area contributed by atoms with E-state index < -0.39 is 10.0 Å². The largest absolute Gasteiger partial charge is 0.398 e. The van der Waals surface area contributed by atoms with Crippen LogP contribution in [0.5, 0.6) is 0 Å². The fourth-order valence-electron chi connectivity index (χ4n) is 1.83. The lowest BCUT2D eigenvalue weighted by atomic mass is 10.2. The van der Waals surface area contributed by atoms with Crippen LogP contribution in [0.2, 0.25) is 0 Å². The molecule has 2 aromatic rings. The first kappa shape index (κ1) is 16.5. The highest BCUT2D eigenvalue weighted by atomic mass is 79.9. The Hall–Kier alpha value is -0.890. The summed E-state index contributed by atoms with van der Waals surface area (Å²) < 4.78 is 27.9. The minimum Gasteiger partial charge on any atom is -0.398 e. The summed E-state index contributed by atoms with van der Waals surface area (Å²) in [4.78, 5) is 0.209. The third-order valence-corrected chi connectivity index (χ3v) is 5.95. The Morgan fingerprint density at radius 2 is 1.86 bits per heavy atom. The summed E-state index contributed by atoms with van der Waals surface area (Å²) in [6.07, 6.45) is 0. The van der Waals surface area contributed by atoms with E-state index in [1.165, 1.54) is 16.4 Å². The van der Waals surface area contributed by atoms with Gasteiger partial charge in [0.25, 0.3) is 0 Å². The van der Waals surface area contributed by atoms with E-state index in [0.29, 0.717) is 16.7 Å². The average Bonchev–Trinajstić information content (AvgIpc) is 2.41. The van der Waals surface area contributed by atoms with E-state index >= 15 is 0 Å². The van der Waals surface area contributed by atoms with Crippen molar-refractivity contribution in [3.63, 3.8) is 0 Å². The van der Waals surface area contributed by atoms with Gasteiger partial charge >= 0.3 is 0 Å². The molecule has 0 spiro atoms. The lowest BCUT2D eigenvalue weighted by Gasteiger charge is -2.18. The van der Waals surface area contributed by atoms with Crippen LogP contribution in [0.3, 0.4) is 0 Å². The SMILES string of the molecule is CN(Cc1cccc(Br)c1)S(=O)(=O)c1ccc(N)c(Br)c1. The van der Waals surface area contributed by atoms with Gasteiger partial charge in [-0.25, -0.2) is 8.42 Å². The minimum absolute atomic E-state index is 0.209. The summed E-state index contributed by atoms with van der Waals surface area (Å²) in [7, 11) is -2.00. The van der Waals surface area contributed by atoms with Gasteiger partial charge in [-0.05, 0) is 51.8 Å². The van der Waals surface area contributed by atoms with E-state index in [1.807, 2.05) is 24.3 Å². The van der Waals surface area contributed by atoms with Crippen LogP contribution < -0.4 is 5.73 Å². The van der Waals surface area contributed by atoms with Crippen LogP contribution in [0.25, 0.3) is 0 Å². The van der Waals surface area contributed by atoms with Crippen LogP contribution in [-0.4, -0.2) is 19.8 Å². The van der Waals surface area contributed by atoms with Crippen molar-refractivity contribution in [2.75, 3.05) is 12.8 Å². The average molecular weight is 434 g/mol. The Labute approximate surface area is 141 Å². The number of nitrogens with zero attached hydrogens (tertiary/aromatic N) is 1. The fourth-order valence-corrected chi connectivity index (χ4v) is 3.99. The van der Waals surface area contributed by atoms with E-state index in [-0.39, 0.29) is 4.90 Å². The number of sulfonamides is 1. The fraction of sp³-hybridized carbons (Fsp3) is 0.143. The topological polar surface area (TPSA) is 63.4 Å². The van der Waals surface area contributed by atoms with Gasteiger partial charge < -0.3 is 5.73 Å². The first-order chi connectivity index (χ1) is 9.80. The molecule has 0 unspecified atom stereocenters. The minimum atomic E-state index is -3.56. The Kier molecular flexibility index (Phi) is 5.08. The van der Waals surface area contributed by atoms with Crippen LogP contribution in [0.15, 0.2) is 56.3 Å². The third kappa shape index (κ3) is 3.85. The summed E-state index contributed by atoms with van der Waals surface area (Å²) >= 11 is 6.63. The maximum Gasteiger partial charge on any atom is 0.243 e. The molecular formula is C14H14Br2N2O2S. The standard InChI is InChI=1S/C14H14Br2N2O2S/c1-18(9-10-3-2-4-11(15)7-10)21(19,20)12-5-6-14(17)13(16)8-12/h2-8H,9,17H2,1H3. The van der Waals surface area contributed by atoms with Crippen molar-refractivity contribution in [2.45, 2.75) is 11.4 Å². The molecule has 0 saturated carbocycles. The second-order valence-corrected chi connectivity index (χ2v) is 8.39. The van der Waals surface area contributed by atoms with Gasteiger partial charge in [-0.3, -0.25) is 0 Å². The Morgan fingerprint density at radius 1 is 1.14 bits per heavy atom. The molecule has 0 aliphatic rings. The number of halogens is 2. The van der Waals surface area contributed by atoms with Gasteiger partial charge in [-0.1, -0.05) is 28.1 Å². The Morgan fingerprint density at radius 3 is 2.48 bits per heavy atom. The number of rotatable bonds is 4. The number of nitrogen functional groups attached to an aromatic ring is 1. The zero-order valence-corrected chi connectivity index (χ0v) is 15.2. The number of anilines is 1. The number of hydrogen-bond acceptors (Lipinski definition) is 3. The summed E-state index contributed by atoms with van der Waals surface area (Å²) in [5.74, 6) is 0. The lowest BCUT2D eigenvalue weighted by Crippen LogP contribution is -2.26. The lowest BCUT2D eigenvalue weighted by molar-refractivity contribution is 0.466. The molecule has 0 atom stereocenters. The van der Waals surface area contributed by atoms with E-state index in [1.54, 1.807) is 13.1 Å². The van der Waals surface area contributed by atoms with Gasteiger partial charge in [0.05, 0.1) is 4.90 Å². The van der Waals surface area contributed by atoms with Crippen LogP contribution in [-0.2, 0) is 16.6 Å². The Balaban J connectivity index is 2.28. The molecule has 112 valence electrons. The molecule has 21 heavy (non-hydrogen) atoms. The second-order valence-electron chi connectivity index (χ2n) is 4.57. The molecule has 2 N–H and O–H groups in total.